The molecule has 0 spiro atoms. The van der Waals surface area contributed by atoms with Crippen LogP contribution in [0, 0.1) is 0 Å². The molecule has 0 aromatic heterocycles. The molecule has 180 valence electrons. The van der Waals surface area contributed by atoms with Crippen LogP contribution >= 0.6 is 12.6 Å². The lowest BCUT2D eigenvalue weighted by atomic mass is 10.0. The van der Waals surface area contributed by atoms with Crippen LogP contribution in [-0.4, -0.2) is 83.5 Å². The van der Waals surface area contributed by atoms with E-state index in [1.54, 1.807) is 0 Å². The van der Waals surface area contributed by atoms with Crippen LogP contribution in [0.4, 0.5) is 0 Å². The fourth-order valence-electron chi connectivity index (χ4n) is 2.61. The van der Waals surface area contributed by atoms with E-state index in [0.29, 0.717) is 38.8 Å². The summed E-state index contributed by atoms with van der Waals surface area (Å²) in [5.74, 6) is -3.38. The summed E-state index contributed by atoms with van der Waals surface area (Å²) in [5.41, 5.74) is 16.5. The number of carbonyl (C=O) groups excluding carboxylic acids is 3. The van der Waals surface area contributed by atoms with Crippen LogP contribution in [0.1, 0.15) is 38.5 Å². The van der Waals surface area contributed by atoms with Crippen molar-refractivity contribution in [1.82, 2.24) is 16.0 Å². The van der Waals surface area contributed by atoms with Gasteiger partial charge in [0.2, 0.25) is 17.7 Å². The lowest BCUT2D eigenvalue weighted by Crippen LogP contribution is -2.57. The number of unbranched alkanes of at least 4 members (excludes halogenated alkanes) is 2. The Morgan fingerprint density at radius 1 is 0.774 bits per heavy atom. The van der Waals surface area contributed by atoms with Gasteiger partial charge in [-0.25, -0.2) is 4.79 Å². The third kappa shape index (κ3) is 11.9. The number of nitrogens with two attached hydrogens (primary N) is 3. The summed E-state index contributed by atoms with van der Waals surface area (Å²) in [6, 6.07) is -4.43. The molecule has 0 aliphatic rings. The average Bonchev–Trinajstić information content (AvgIpc) is 2.74. The number of carboxylic acid groups (broad SMARTS) is 1. The number of carboxylic acids is 1. The standard InChI is InChI=1S/C18H36N6O6S/c19-7-3-1-5-12(22-15(26)11(21)9-25)16(27)23-13(6-2-4-8-20)17(28)24-14(10-31)18(29)30/h11-14,25,31H,1-10,19-21H2,(H,22,26)(H,23,27)(H,24,28)(H,29,30). The Labute approximate surface area is 187 Å². The van der Waals surface area contributed by atoms with Crippen molar-refractivity contribution in [3.8, 4) is 0 Å². The minimum Gasteiger partial charge on any atom is -0.480 e. The first-order chi connectivity index (χ1) is 14.7. The number of aliphatic hydroxyl groups is 1. The van der Waals surface area contributed by atoms with Crippen molar-refractivity contribution in [2.75, 3.05) is 25.4 Å². The molecule has 0 saturated carbocycles. The van der Waals surface area contributed by atoms with E-state index >= 15 is 0 Å². The second kappa shape index (κ2) is 16.7. The van der Waals surface area contributed by atoms with Gasteiger partial charge in [0.25, 0.3) is 0 Å². The molecule has 0 aliphatic carbocycles. The third-order valence-corrected chi connectivity index (χ3v) is 4.86. The number of nitrogens with one attached hydrogen (secondary N) is 3. The van der Waals surface area contributed by atoms with Crippen LogP contribution in [0.3, 0.4) is 0 Å². The predicted molar refractivity (Wildman–Crippen MR) is 118 cm³/mol. The van der Waals surface area contributed by atoms with Gasteiger partial charge in [0, 0.05) is 5.75 Å². The van der Waals surface area contributed by atoms with Crippen molar-refractivity contribution in [3.63, 3.8) is 0 Å². The summed E-state index contributed by atoms with van der Waals surface area (Å²) < 4.78 is 0. The molecule has 0 fully saturated rings. The van der Waals surface area contributed by atoms with Gasteiger partial charge in [-0.15, -0.1) is 0 Å². The monoisotopic (exact) mass is 464 g/mol. The highest BCUT2D eigenvalue weighted by atomic mass is 32.1. The molecule has 12 nitrogen and oxygen atoms in total. The van der Waals surface area contributed by atoms with E-state index in [9.17, 15) is 19.2 Å². The zero-order valence-corrected chi connectivity index (χ0v) is 18.5. The molecule has 0 aromatic rings. The molecule has 4 unspecified atom stereocenters. The largest absolute Gasteiger partial charge is 0.480 e. The van der Waals surface area contributed by atoms with Crippen LogP contribution in [0.5, 0.6) is 0 Å². The van der Waals surface area contributed by atoms with Crippen LogP contribution in [0.15, 0.2) is 0 Å². The first kappa shape index (κ1) is 29.1. The van der Waals surface area contributed by atoms with Crippen molar-refractivity contribution in [3.05, 3.63) is 0 Å². The molecule has 3 amide bonds. The van der Waals surface area contributed by atoms with Crippen LogP contribution in [0.2, 0.25) is 0 Å². The smallest absolute Gasteiger partial charge is 0.327 e. The van der Waals surface area contributed by atoms with E-state index in [2.05, 4.69) is 28.6 Å². The fraction of sp³-hybridized carbons (Fsp3) is 0.778. The first-order valence-electron chi connectivity index (χ1n) is 10.2. The van der Waals surface area contributed by atoms with Gasteiger partial charge in [0.05, 0.1) is 6.61 Å². The van der Waals surface area contributed by atoms with Crippen molar-refractivity contribution < 1.29 is 29.4 Å². The van der Waals surface area contributed by atoms with E-state index in [1.807, 2.05) is 0 Å². The van der Waals surface area contributed by atoms with Gasteiger partial charge in [-0.2, -0.15) is 12.6 Å². The minimum atomic E-state index is -1.25. The SMILES string of the molecule is NCCCCC(NC(=O)C(N)CO)C(=O)NC(CCCCN)C(=O)NC(CS)C(=O)O. The highest BCUT2D eigenvalue weighted by Crippen LogP contribution is 2.06. The molecule has 0 radical (unpaired) electrons. The molecule has 0 saturated heterocycles. The zero-order valence-electron chi connectivity index (χ0n) is 17.6. The minimum absolute atomic E-state index is 0.124. The summed E-state index contributed by atoms with van der Waals surface area (Å²) in [6.45, 7) is 0.212. The number of carbonyl (C=O) groups is 4. The lowest BCUT2D eigenvalue weighted by molar-refractivity contribution is -0.141. The second-order valence-corrected chi connectivity index (χ2v) is 7.43. The van der Waals surface area contributed by atoms with Gasteiger partial charge in [-0.3, -0.25) is 14.4 Å². The van der Waals surface area contributed by atoms with E-state index in [-0.39, 0.29) is 18.6 Å². The van der Waals surface area contributed by atoms with Crippen molar-refractivity contribution in [1.29, 1.82) is 0 Å². The molecular formula is C18H36N6O6S. The third-order valence-electron chi connectivity index (χ3n) is 4.49. The molecule has 13 heteroatoms. The van der Waals surface area contributed by atoms with Crippen LogP contribution in [-0.2, 0) is 19.2 Å². The number of amides is 3. The normalized spacial score (nSPS) is 14.7. The Morgan fingerprint density at radius 3 is 1.55 bits per heavy atom. The van der Waals surface area contributed by atoms with Gasteiger partial charge < -0.3 is 43.4 Å². The highest BCUT2D eigenvalue weighted by Gasteiger charge is 2.29. The molecule has 0 bridgehead atoms. The molecule has 0 heterocycles. The summed E-state index contributed by atoms with van der Waals surface area (Å²) >= 11 is 3.91. The maximum Gasteiger partial charge on any atom is 0.327 e. The van der Waals surface area contributed by atoms with Crippen molar-refractivity contribution >= 4 is 36.3 Å². The maximum atomic E-state index is 12.8. The van der Waals surface area contributed by atoms with Crippen LogP contribution < -0.4 is 33.2 Å². The first-order valence-corrected chi connectivity index (χ1v) is 10.9. The molecular weight excluding hydrogens is 428 g/mol. The van der Waals surface area contributed by atoms with Gasteiger partial charge in [-0.05, 0) is 51.6 Å². The van der Waals surface area contributed by atoms with Gasteiger partial charge in [0.1, 0.15) is 24.2 Å². The van der Waals surface area contributed by atoms with Gasteiger partial charge >= 0.3 is 5.97 Å². The number of thiol groups is 1. The molecule has 0 aliphatic heterocycles. The molecule has 31 heavy (non-hydrogen) atoms. The Balaban J connectivity index is 5.34. The predicted octanol–water partition coefficient (Wildman–Crippen LogP) is -2.97. The Morgan fingerprint density at radius 2 is 1.19 bits per heavy atom. The van der Waals surface area contributed by atoms with Crippen molar-refractivity contribution in [2.24, 2.45) is 17.2 Å². The number of aliphatic hydroxyl groups excluding tert-OH is 1. The number of hydrogen-bond donors (Lipinski definition) is 9. The Hall–Kier alpha value is -1.93. The summed E-state index contributed by atoms with van der Waals surface area (Å²) in [4.78, 5) is 48.6. The lowest BCUT2D eigenvalue weighted by Gasteiger charge is -2.25. The molecule has 11 N–H and O–H groups in total. The highest BCUT2D eigenvalue weighted by molar-refractivity contribution is 7.80. The fourth-order valence-corrected chi connectivity index (χ4v) is 2.86. The van der Waals surface area contributed by atoms with Crippen molar-refractivity contribution in [2.45, 2.75) is 62.7 Å². The zero-order chi connectivity index (χ0) is 23.8. The van der Waals surface area contributed by atoms with Gasteiger partial charge in [-0.1, -0.05) is 0 Å². The van der Waals surface area contributed by atoms with E-state index < -0.39 is 54.5 Å². The summed E-state index contributed by atoms with van der Waals surface area (Å²) in [7, 11) is 0. The van der Waals surface area contributed by atoms with Gasteiger partial charge in [0.15, 0.2) is 0 Å². The number of rotatable bonds is 17. The summed E-state index contributed by atoms with van der Waals surface area (Å²) in [6.07, 6.45) is 2.76. The molecule has 0 aromatic carbocycles. The Bertz CT molecular complexity index is 582. The van der Waals surface area contributed by atoms with E-state index in [0.717, 1.165) is 0 Å². The Kier molecular flexibility index (Phi) is 15.7. The number of aliphatic carboxylic acids is 1. The number of hydrogen-bond acceptors (Lipinski definition) is 9. The van der Waals surface area contributed by atoms with E-state index in [4.69, 9.17) is 27.4 Å². The maximum absolute atomic E-state index is 12.8. The average molecular weight is 465 g/mol. The second-order valence-electron chi connectivity index (χ2n) is 7.06. The topological polar surface area (TPSA) is 223 Å². The molecule has 0 rings (SSSR count). The van der Waals surface area contributed by atoms with Crippen LogP contribution in [0.25, 0.3) is 0 Å². The van der Waals surface area contributed by atoms with E-state index in [1.165, 1.54) is 0 Å². The quantitative estimate of drug-likeness (QED) is 0.0790. The molecule has 4 atom stereocenters. The summed E-state index contributed by atoms with van der Waals surface area (Å²) in [5, 5.41) is 25.6.